The first-order valence-electron chi connectivity index (χ1n) is 11.1. The maximum atomic E-state index is 14.1. The van der Waals surface area contributed by atoms with Gasteiger partial charge in [0.2, 0.25) is 0 Å². The summed E-state index contributed by atoms with van der Waals surface area (Å²) >= 11 is 0. The van der Waals surface area contributed by atoms with Crippen molar-refractivity contribution in [2.75, 3.05) is 0 Å². The fraction of sp³-hybridized carbons (Fsp3) is 0.708. The van der Waals surface area contributed by atoms with Gasteiger partial charge in [-0.2, -0.15) is 0 Å². The lowest BCUT2D eigenvalue weighted by atomic mass is 9.66. The van der Waals surface area contributed by atoms with Gasteiger partial charge < -0.3 is 5.11 Å². The molecular formula is C24H34F2O2. The van der Waals surface area contributed by atoms with Crippen molar-refractivity contribution in [2.24, 2.45) is 23.7 Å². The largest absolute Gasteiger partial charge is 0.477 e. The Hall–Kier alpha value is -1.45. The zero-order valence-electron chi connectivity index (χ0n) is 17.2. The van der Waals surface area contributed by atoms with E-state index in [0.29, 0.717) is 11.5 Å². The van der Waals surface area contributed by atoms with Gasteiger partial charge in [-0.15, -0.1) is 0 Å². The minimum Gasteiger partial charge on any atom is -0.477 e. The first kappa shape index (κ1) is 21.3. The van der Waals surface area contributed by atoms with Crippen LogP contribution in [0.2, 0.25) is 0 Å². The van der Waals surface area contributed by atoms with Crippen LogP contribution < -0.4 is 0 Å². The smallest absolute Gasteiger partial charge is 0.341 e. The molecule has 0 radical (unpaired) electrons. The van der Waals surface area contributed by atoms with Gasteiger partial charge in [-0.05, 0) is 85.8 Å². The Morgan fingerprint density at radius 2 is 1.50 bits per heavy atom. The van der Waals surface area contributed by atoms with E-state index < -0.39 is 23.2 Å². The van der Waals surface area contributed by atoms with Crippen LogP contribution in [0.15, 0.2) is 12.1 Å². The highest BCUT2D eigenvalue weighted by Gasteiger charge is 2.33. The second-order valence-corrected chi connectivity index (χ2v) is 9.20. The van der Waals surface area contributed by atoms with Gasteiger partial charge in [-0.1, -0.05) is 39.5 Å². The van der Waals surface area contributed by atoms with Crippen LogP contribution in [0.5, 0.6) is 0 Å². The van der Waals surface area contributed by atoms with E-state index >= 15 is 0 Å². The van der Waals surface area contributed by atoms with Crippen LogP contribution in [0.3, 0.4) is 0 Å². The molecule has 4 heteroatoms. The first-order chi connectivity index (χ1) is 13.4. The summed E-state index contributed by atoms with van der Waals surface area (Å²) in [7, 11) is 0. The molecule has 1 atom stereocenters. The summed E-state index contributed by atoms with van der Waals surface area (Å²) in [4.78, 5) is 11.0. The fourth-order valence-corrected chi connectivity index (χ4v) is 5.81. The predicted molar refractivity (Wildman–Crippen MR) is 108 cm³/mol. The molecule has 0 aromatic heterocycles. The standard InChI is InChI=1S/C24H34F2O2/c1-3-4-16-5-7-18(8-6-16)19-11-9-17(10-12-19)15(2)20-13-21(25)23(24(27)28)22(26)14-20/h13-19H,3-12H2,1-2H3,(H,27,28)/t15?,16-,17?,18-,19?. The highest BCUT2D eigenvalue weighted by Crippen LogP contribution is 2.45. The van der Waals surface area contributed by atoms with Crippen molar-refractivity contribution in [3.05, 3.63) is 34.9 Å². The van der Waals surface area contributed by atoms with Crippen LogP contribution in [0, 0.1) is 35.3 Å². The molecule has 0 aliphatic heterocycles. The first-order valence-corrected chi connectivity index (χ1v) is 11.1. The molecule has 1 unspecified atom stereocenters. The Morgan fingerprint density at radius 1 is 1.00 bits per heavy atom. The number of hydrogen-bond acceptors (Lipinski definition) is 1. The monoisotopic (exact) mass is 392 g/mol. The third kappa shape index (κ3) is 4.75. The molecule has 2 aliphatic carbocycles. The molecule has 156 valence electrons. The molecule has 2 saturated carbocycles. The SMILES string of the molecule is CCC[C@H]1CC[C@H](C2CCC(C(C)c3cc(F)c(C(=O)O)c(F)c3)CC2)CC1. The summed E-state index contributed by atoms with van der Waals surface area (Å²) in [5.41, 5.74) is -0.262. The van der Waals surface area contributed by atoms with Gasteiger partial charge >= 0.3 is 5.97 Å². The molecule has 0 spiro atoms. The molecule has 2 nitrogen and oxygen atoms in total. The van der Waals surface area contributed by atoms with Crippen molar-refractivity contribution in [3.8, 4) is 0 Å². The van der Waals surface area contributed by atoms with Crippen molar-refractivity contribution in [2.45, 2.75) is 84.0 Å². The van der Waals surface area contributed by atoms with Gasteiger partial charge in [0.25, 0.3) is 0 Å². The van der Waals surface area contributed by atoms with E-state index in [9.17, 15) is 13.6 Å². The van der Waals surface area contributed by atoms with E-state index in [-0.39, 0.29) is 5.92 Å². The molecule has 3 rings (SSSR count). The molecule has 0 heterocycles. The summed E-state index contributed by atoms with van der Waals surface area (Å²) in [6.45, 7) is 4.30. The van der Waals surface area contributed by atoms with Crippen molar-refractivity contribution in [1.82, 2.24) is 0 Å². The van der Waals surface area contributed by atoms with Gasteiger partial charge in [0.15, 0.2) is 0 Å². The normalized spacial score (nSPS) is 29.4. The Kier molecular flexibility index (Phi) is 7.11. The molecule has 0 bridgehead atoms. The van der Waals surface area contributed by atoms with E-state index in [1.807, 2.05) is 6.92 Å². The average Bonchev–Trinajstić information content (AvgIpc) is 2.67. The average molecular weight is 393 g/mol. The summed E-state index contributed by atoms with van der Waals surface area (Å²) in [5, 5.41) is 8.94. The predicted octanol–water partition coefficient (Wildman–Crippen LogP) is 7.18. The number of carboxylic acids is 1. The van der Waals surface area contributed by atoms with Gasteiger partial charge in [0, 0.05) is 0 Å². The number of hydrogen-bond donors (Lipinski definition) is 1. The fourth-order valence-electron chi connectivity index (χ4n) is 5.81. The second kappa shape index (κ2) is 9.37. The number of benzene rings is 1. The summed E-state index contributed by atoms with van der Waals surface area (Å²) in [6.07, 6.45) is 12.9. The Morgan fingerprint density at radius 3 is 1.96 bits per heavy atom. The molecule has 0 saturated heterocycles. The zero-order chi connectivity index (χ0) is 20.3. The molecule has 2 aliphatic rings. The summed E-state index contributed by atoms with van der Waals surface area (Å²) in [5.74, 6) is -0.392. The van der Waals surface area contributed by atoms with E-state index in [1.54, 1.807) is 0 Å². The number of rotatable bonds is 6. The van der Waals surface area contributed by atoms with Crippen LogP contribution in [0.1, 0.15) is 99.9 Å². The maximum Gasteiger partial charge on any atom is 0.341 e. The summed E-state index contributed by atoms with van der Waals surface area (Å²) in [6, 6.07) is 2.44. The molecule has 0 amide bonds. The number of carbonyl (C=O) groups is 1. The third-order valence-electron chi connectivity index (χ3n) is 7.58. The number of halogens is 2. The zero-order valence-corrected chi connectivity index (χ0v) is 17.2. The van der Waals surface area contributed by atoms with E-state index in [2.05, 4.69) is 6.92 Å². The minimum atomic E-state index is -1.55. The van der Waals surface area contributed by atoms with Crippen molar-refractivity contribution >= 4 is 5.97 Å². The van der Waals surface area contributed by atoms with Gasteiger partial charge in [0.05, 0.1) is 0 Å². The van der Waals surface area contributed by atoms with Crippen LogP contribution in [0.4, 0.5) is 8.78 Å². The highest BCUT2D eigenvalue weighted by molar-refractivity contribution is 5.88. The van der Waals surface area contributed by atoms with Gasteiger partial charge in [-0.25, -0.2) is 13.6 Å². The topological polar surface area (TPSA) is 37.3 Å². The second-order valence-electron chi connectivity index (χ2n) is 9.20. The van der Waals surface area contributed by atoms with Crippen LogP contribution >= 0.6 is 0 Å². The molecule has 1 N–H and O–H groups in total. The van der Waals surface area contributed by atoms with Gasteiger partial charge in [-0.3, -0.25) is 0 Å². The van der Waals surface area contributed by atoms with Crippen LogP contribution in [0.25, 0.3) is 0 Å². The molecule has 1 aromatic rings. The van der Waals surface area contributed by atoms with Crippen LogP contribution in [-0.2, 0) is 0 Å². The van der Waals surface area contributed by atoms with E-state index in [4.69, 9.17) is 5.11 Å². The number of carboxylic acid groups (broad SMARTS) is 1. The Balaban J connectivity index is 1.56. The highest BCUT2D eigenvalue weighted by atomic mass is 19.1. The lowest BCUT2D eigenvalue weighted by Gasteiger charge is -2.39. The molecular weight excluding hydrogens is 358 g/mol. The minimum absolute atomic E-state index is 0.0492. The lowest BCUT2D eigenvalue weighted by molar-refractivity contribution is 0.0686. The summed E-state index contributed by atoms with van der Waals surface area (Å²) < 4.78 is 28.1. The molecule has 1 aromatic carbocycles. The van der Waals surface area contributed by atoms with E-state index in [1.165, 1.54) is 63.5 Å². The van der Waals surface area contributed by atoms with Crippen LogP contribution in [-0.4, -0.2) is 11.1 Å². The quantitative estimate of drug-likeness (QED) is 0.557. The van der Waals surface area contributed by atoms with E-state index in [0.717, 1.165) is 30.6 Å². The van der Waals surface area contributed by atoms with Gasteiger partial charge in [0.1, 0.15) is 17.2 Å². The number of aromatic carboxylic acids is 1. The Labute approximate surface area is 167 Å². The lowest BCUT2D eigenvalue weighted by Crippen LogP contribution is -2.27. The van der Waals surface area contributed by atoms with Crippen molar-refractivity contribution < 1.29 is 18.7 Å². The molecule has 2 fully saturated rings. The van der Waals surface area contributed by atoms with Crippen molar-refractivity contribution in [3.63, 3.8) is 0 Å². The molecule has 28 heavy (non-hydrogen) atoms. The van der Waals surface area contributed by atoms with Crippen molar-refractivity contribution in [1.29, 1.82) is 0 Å². The Bertz CT molecular complexity index is 648. The third-order valence-corrected chi connectivity index (χ3v) is 7.58. The maximum absolute atomic E-state index is 14.1.